The minimum atomic E-state index is -0.522. The van der Waals surface area contributed by atoms with Gasteiger partial charge in [0.2, 0.25) is 5.91 Å². The monoisotopic (exact) mass is 279 g/mol. The maximum atomic E-state index is 12.5. The van der Waals surface area contributed by atoms with E-state index in [9.17, 15) is 4.79 Å². The molecule has 2 heterocycles. The highest BCUT2D eigenvalue weighted by Gasteiger charge is 2.35. The lowest BCUT2D eigenvalue weighted by molar-refractivity contribution is -0.126. The smallest absolute Gasteiger partial charge is 0.245 e. The van der Waals surface area contributed by atoms with Gasteiger partial charge in [0.25, 0.3) is 0 Å². The molecule has 1 aliphatic rings. The molecule has 6 heteroatoms. The van der Waals surface area contributed by atoms with E-state index in [2.05, 4.69) is 32.7 Å². The summed E-state index contributed by atoms with van der Waals surface area (Å²) in [7, 11) is 0. The van der Waals surface area contributed by atoms with Crippen molar-refractivity contribution in [2.45, 2.75) is 39.2 Å². The van der Waals surface area contributed by atoms with E-state index in [0.29, 0.717) is 5.82 Å². The summed E-state index contributed by atoms with van der Waals surface area (Å²) in [6.45, 7) is 9.69. The molecule has 1 aromatic rings. The van der Waals surface area contributed by atoms with E-state index in [1.165, 1.54) is 0 Å². The number of carbonyl (C=O) groups is 1. The van der Waals surface area contributed by atoms with Gasteiger partial charge in [0, 0.05) is 37.9 Å². The Morgan fingerprint density at radius 3 is 2.80 bits per heavy atom. The molecule has 2 rings (SSSR count). The van der Waals surface area contributed by atoms with Gasteiger partial charge in [0.05, 0.1) is 5.54 Å². The normalized spacial score (nSPS) is 17.1. The van der Waals surface area contributed by atoms with Crippen molar-refractivity contribution in [2.24, 2.45) is 0 Å². The SMILES string of the molecule is CCCc1cc(NC(=O)C(C)(C)N2CCNCC2)n[nH]1. The Morgan fingerprint density at radius 1 is 1.45 bits per heavy atom. The van der Waals surface area contributed by atoms with Gasteiger partial charge in [0.1, 0.15) is 0 Å². The minimum absolute atomic E-state index is 0.00560. The van der Waals surface area contributed by atoms with Crippen LogP contribution in [-0.2, 0) is 11.2 Å². The molecular weight excluding hydrogens is 254 g/mol. The van der Waals surface area contributed by atoms with Gasteiger partial charge in [0.15, 0.2) is 5.82 Å². The quantitative estimate of drug-likeness (QED) is 0.751. The molecule has 0 aromatic carbocycles. The molecule has 3 N–H and O–H groups in total. The lowest BCUT2D eigenvalue weighted by Gasteiger charge is -2.39. The lowest BCUT2D eigenvalue weighted by Crippen LogP contribution is -2.58. The first-order valence-electron chi connectivity index (χ1n) is 7.35. The summed E-state index contributed by atoms with van der Waals surface area (Å²) in [5.74, 6) is 0.607. The molecule has 0 spiro atoms. The van der Waals surface area contributed by atoms with E-state index in [1.54, 1.807) is 0 Å². The van der Waals surface area contributed by atoms with E-state index in [1.807, 2.05) is 19.9 Å². The Bertz CT molecular complexity index is 448. The topological polar surface area (TPSA) is 73.1 Å². The average molecular weight is 279 g/mol. The number of aromatic nitrogens is 2. The molecule has 20 heavy (non-hydrogen) atoms. The van der Waals surface area contributed by atoms with E-state index in [0.717, 1.165) is 44.7 Å². The number of aryl methyl sites for hydroxylation is 1. The standard InChI is InChI=1S/C14H25N5O/c1-4-5-11-10-12(18-17-11)16-13(20)14(2,3)19-8-6-15-7-9-19/h10,15H,4-9H2,1-3H3,(H2,16,17,18,20). The van der Waals surface area contributed by atoms with Gasteiger partial charge in [-0.05, 0) is 20.3 Å². The van der Waals surface area contributed by atoms with Crippen molar-refractivity contribution in [1.29, 1.82) is 0 Å². The largest absolute Gasteiger partial charge is 0.314 e. The van der Waals surface area contributed by atoms with Crippen molar-refractivity contribution >= 4 is 11.7 Å². The van der Waals surface area contributed by atoms with Crippen LogP contribution in [0.5, 0.6) is 0 Å². The summed E-state index contributed by atoms with van der Waals surface area (Å²) >= 11 is 0. The summed E-state index contributed by atoms with van der Waals surface area (Å²) in [6.07, 6.45) is 2.01. The first-order chi connectivity index (χ1) is 9.54. The Balaban J connectivity index is 1.98. The highest BCUT2D eigenvalue weighted by atomic mass is 16.2. The second-order valence-electron chi connectivity index (χ2n) is 5.78. The number of rotatable bonds is 5. The first kappa shape index (κ1) is 15.0. The summed E-state index contributed by atoms with van der Waals surface area (Å²) in [5, 5.41) is 13.3. The maximum absolute atomic E-state index is 12.5. The predicted octanol–water partition coefficient (Wildman–Crippen LogP) is 0.984. The van der Waals surface area contributed by atoms with Crippen LogP contribution >= 0.6 is 0 Å². The second kappa shape index (κ2) is 6.37. The molecule has 112 valence electrons. The van der Waals surface area contributed by atoms with Gasteiger partial charge in [-0.2, -0.15) is 5.10 Å². The molecule has 1 aliphatic heterocycles. The molecule has 1 aromatic heterocycles. The third-order valence-corrected chi connectivity index (χ3v) is 3.86. The average Bonchev–Trinajstić information content (AvgIpc) is 2.87. The number of nitrogens with one attached hydrogen (secondary N) is 3. The number of hydrogen-bond acceptors (Lipinski definition) is 4. The molecular formula is C14H25N5O. The van der Waals surface area contributed by atoms with E-state index >= 15 is 0 Å². The number of H-pyrrole nitrogens is 1. The number of carbonyl (C=O) groups excluding carboxylic acids is 1. The molecule has 0 bridgehead atoms. The van der Waals surface area contributed by atoms with Gasteiger partial charge in [-0.3, -0.25) is 14.8 Å². The Kier molecular flexibility index (Phi) is 4.77. The Morgan fingerprint density at radius 2 is 2.15 bits per heavy atom. The highest BCUT2D eigenvalue weighted by molar-refractivity contribution is 5.96. The fraction of sp³-hybridized carbons (Fsp3) is 0.714. The van der Waals surface area contributed by atoms with Crippen LogP contribution in [-0.4, -0.2) is 52.7 Å². The molecule has 0 saturated carbocycles. The summed E-state index contributed by atoms with van der Waals surface area (Å²) in [4.78, 5) is 14.7. The zero-order valence-electron chi connectivity index (χ0n) is 12.6. The Labute approximate surface area is 120 Å². The van der Waals surface area contributed by atoms with Crippen LogP contribution in [0.4, 0.5) is 5.82 Å². The zero-order chi connectivity index (χ0) is 14.6. The van der Waals surface area contributed by atoms with Gasteiger partial charge in [-0.15, -0.1) is 0 Å². The third-order valence-electron chi connectivity index (χ3n) is 3.86. The van der Waals surface area contributed by atoms with Gasteiger partial charge in [-0.25, -0.2) is 0 Å². The fourth-order valence-electron chi connectivity index (χ4n) is 2.46. The van der Waals surface area contributed by atoms with Crippen molar-refractivity contribution in [3.8, 4) is 0 Å². The summed E-state index contributed by atoms with van der Waals surface area (Å²) < 4.78 is 0. The maximum Gasteiger partial charge on any atom is 0.245 e. The van der Waals surface area contributed by atoms with Crippen molar-refractivity contribution in [3.05, 3.63) is 11.8 Å². The van der Waals surface area contributed by atoms with Crippen LogP contribution in [0.1, 0.15) is 32.9 Å². The zero-order valence-corrected chi connectivity index (χ0v) is 12.6. The van der Waals surface area contributed by atoms with Crippen molar-refractivity contribution < 1.29 is 4.79 Å². The van der Waals surface area contributed by atoms with E-state index < -0.39 is 5.54 Å². The Hall–Kier alpha value is -1.40. The molecule has 0 radical (unpaired) electrons. The van der Waals surface area contributed by atoms with Crippen LogP contribution in [0.3, 0.4) is 0 Å². The van der Waals surface area contributed by atoms with E-state index in [4.69, 9.17) is 0 Å². The van der Waals surface area contributed by atoms with Crippen LogP contribution in [0.25, 0.3) is 0 Å². The van der Waals surface area contributed by atoms with Crippen molar-refractivity contribution in [1.82, 2.24) is 20.4 Å². The minimum Gasteiger partial charge on any atom is -0.314 e. The molecule has 6 nitrogen and oxygen atoms in total. The van der Waals surface area contributed by atoms with Crippen LogP contribution in [0.2, 0.25) is 0 Å². The molecule has 0 unspecified atom stereocenters. The summed E-state index contributed by atoms with van der Waals surface area (Å²) in [5.41, 5.74) is 0.536. The second-order valence-corrected chi connectivity index (χ2v) is 5.78. The highest BCUT2D eigenvalue weighted by Crippen LogP contribution is 2.18. The molecule has 1 amide bonds. The van der Waals surface area contributed by atoms with Crippen LogP contribution in [0, 0.1) is 0 Å². The molecule has 0 aliphatic carbocycles. The van der Waals surface area contributed by atoms with Crippen LogP contribution in [0.15, 0.2) is 6.07 Å². The predicted molar refractivity (Wildman–Crippen MR) is 79.7 cm³/mol. The third kappa shape index (κ3) is 3.37. The van der Waals surface area contributed by atoms with Gasteiger partial charge >= 0.3 is 0 Å². The number of nitrogens with zero attached hydrogens (tertiary/aromatic N) is 2. The fourth-order valence-corrected chi connectivity index (χ4v) is 2.46. The number of piperazine rings is 1. The van der Waals surface area contributed by atoms with Crippen molar-refractivity contribution in [3.63, 3.8) is 0 Å². The number of amides is 1. The molecule has 1 saturated heterocycles. The van der Waals surface area contributed by atoms with E-state index in [-0.39, 0.29) is 5.91 Å². The summed E-state index contributed by atoms with van der Waals surface area (Å²) in [6, 6.07) is 1.91. The first-order valence-corrected chi connectivity index (χ1v) is 7.35. The van der Waals surface area contributed by atoms with Gasteiger partial charge < -0.3 is 10.6 Å². The van der Waals surface area contributed by atoms with Gasteiger partial charge in [-0.1, -0.05) is 13.3 Å². The molecule has 1 fully saturated rings. The number of hydrogen-bond donors (Lipinski definition) is 3. The number of anilines is 1. The lowest BCUT2D eigenvalue weighted by atomic mass is 10.0. The van der Waals surface area contributed by atoms with Crippen molar-refractivity contribution in [2.75, 3.05) is 31.5 Å². The molecule has 0 atom stereocenters. The van der Waals surface area contributed by atoms with Crippen LogP contribution < -0.4 is 10.6 Å². The number of aromatic amines is 1.